The van der Waals surface area contributed by atoms with Crippen molar-refractivity contribution in [3.63, 3.8) is 0 Å². The molecule has 1 aliphatic heterocycles. The molecule has 2 aliphatic rings. The highest BCUT2D eigenvalue weighted by atomic mass is 16.7. The maximum Gasteiger partial charge on any atom is 0.177 e. The Balaban J connectivity index is 2.37. The van der Waals surface area contributed by atoms with Gasteiger partial charge in [0.15, 0.2) is 5.79 Å². The first-order valence-corrected chi connectivity index (χ1v) is 5.23. The first kappa shape index (κ1) is 9.94. The van der Waals surface area contributed by atoms with E-state index in [4.69, 9.17) is 9.47 Å². The van der Waals surface area contributed by atoms with Crippen molar-refractivity contribution in [2.45, 2.75) is 32.5 Å². The van der Waals surface area contributed by atoms with E-state index < -0.39 is 5.79 Å². The van der Waals surface area contributed by atoms with Crippen LogP contribution in [0.5, 0.6) is 0 Å². The summed E-state index contributed by atoms with van der Waals surface area (Å²) < 4.78 is 11.6. The molecule has 1 heterocycles. The zero-order valence-corrected chi connectivity index (χ0v) is 9.01. The van der Waals surface area contributed by atoms with Crippen LogP contribution in [0, 0.1) is 5.41 Å². The third-order valence-corrected chi connectivity index (χ3v) is 3.49. The molecule has 0 aromatic carbocycles. The Morgan fingerprint density at radius 1 is 1.36 bits per heavy atom. The van der Waals surface area contributed by atoms with Crippen LogP contribution in [0.25, 0.3) is 0 Å². The maximum absolute atomic E-state index is 5.82. The Morgan fingerprint density at radius 2 is 2.00 bits per heavy atom. The summed E-state index contributed by atoms with van der Waals surface area (Å²) in [7, 11) is 0. The molecule has 0 aromatic rings. The average molecular weight is 194 g/mol. The van der Waals surface area contributed by atoms with Crippen LogP contribution in [0.15, 0.2) is 24.3 Å². The molecule has 0 atom stereocenters. The molecule has 1 saturated heterocycles. The van der Waals surface area contributed by atoms with Gasteiger partial charge in [-0.2, -0.15) is 0 Å². The fraction of sp³-hybridized carbons (Fsp3) is 0.667. The molecular formula is C12H18O2. The van der Waals surface area contributed by atoms with Crippen molar-refractivity contribution in [3.8, 4) is 0 Å². The van der Waals surface area contributed by atoms with Gasteiger partial charge in [0.2, 0.25) is 0 Å². The van der Waals surface area contributed by atoms with Crippen LogP contribution in [0.4, 0.5) is 0 Å². The van der Waals surface area contributed by atoms with Gasteiger partial charge in [-0.05, 0) is 12.0 Å². The van der Waals surface area contributed by atoms with Crippen molar-refractivity contribution in [2.24, 2.45) is 5.41 Å². The Kier molecular flexibility index (Phi) is 2.28. The van der Waals surface area contributed by atoms with E-state index in [1.807, 2.05) is 6.08 Å². The maximum atomic E-state index is 5.82. The highest BCUT2D eigenvalue weighted by Crippen LogP contribution is 2.49. The molecule has 1 spiro atoms. The molecule has 0 bridgehead atoms. The summed E-state index contributed by atoms with van der Waals surface area (Å²) in [5, 5.41) is 0. The van der Waals surface area contributed by atoms with Crippen LogP contribution in [0.3, 0.4) is 0 Å². The van der Waals surface area contributed by atoms with Crippen LogP contribution in [-0.4, -0.2) is 19.0 Å². The van der Waals surface area contributed by atoms with E-state index in [0.717, 1.165) is 12.8 Å². The second-order valence-electron chi connectivity index (χ2n) is 4.48. The quantitative estimate of drug-likeness (QED) is 0.639. The van der Waals surface area contributed by atoms with Gasteiger partial charge in [0.1, 0.15) is 0 Å². The lowest BCUT2D eigenvalue weighted by molar-refractivity contribution is -0.222. The molecule has 0 amide bonds. The van der Waals surface area contributed by atoms with Gasteiger partial charge in [-0.1, -0.05) is 32.6 Å². The lowest BCUT2D eigenvalue weighted by Gasteiger charge is -2.45. The van der Waals surface area contributed by atoms with Gasteiger partial charge in [0.05, 0.1) is 13.2 Å². The van der Waals surface area contributed by atoms with Crippen molar-refractivity contribution in [2.75, 3.05) is 13.2 Å². The van der Waals surface area contributed by atoms with Crippen molar-refractivity contribution in [3.05, 3.63) is 24.3 Å². The fourth-order valence-corrected chi connectivity index (χ4v) is 2.50. The van der Waals surface area contributed by atoms with Crippen LogP contribution in [0.2, 0.25) is 0 Å². The Bertz CT molecular complexity index is 270. The largest absolute Gasteiger partial charge is 0.347 e. The van der Waals surface area contributed by atoms with Gasteiger partial charge < -0.3 is 9.47 Å². The predicted octanol–water partition coefficient (Wildman–Crippen LogP) is 2.66. The van der Waals surface area contributed by atoms with Gasteiger partial charge in [0, 0.05) is 11.8 Å². The van der Waals surface area contributed by atoms with Crippen LogP contribution in [0.1, 0.15) is 26.7 Å². The number of hydrogen-bond acceptors (Lipinski definition) is 2. The second-order valence-corrected chi connectivity index (χ2v) is 4.48. The summed E-state index contributed by atoms with van der Waals surface area (Å²) in [5.41, 5.74) is 1.16. The Morgan fingerprint density at radius 3 is 2.57 bits per heavy atom. The second kappa shape index (κ2) is 3.21. The summed E-state index contributed by atoms with van der Waals surface area (Å²) in [4.78, 5) is 0. The number of rotatable bonds is 1. The SMILES string of the molecule is C=CC1=CCCC2(OCCO2)C1(C)C. The van der Waals surface area contributed by atoms with E-state index >= 15 is 0 Å². The fourth-order valence-electron chi connectivity index (χ4n) is 2.50. The topological polar surface area (TPSA) is 18.5 Å². The van der Waals surface area contributed by atoms with Crippen molar-refractivity contribution in [1.82, 2.24) is 0 Å². The van der Waals surface area contributed by atoms with Crippen molar-refractivity contribution in [1.29, 1.82) is 0 Å². The van der Waals surface area contributed by atoms with E-state index in [0.29, 0.717) is 13.2 Å². The van der Waals surface area contributed by atoms with E-state index in [1.165, 1.54) is 5.57 Å². The minimum atomic E-state index is -0.398. The Labute approximate surface area is 85.6 Å². The molecule has 0 radical (unpaired) electrons. The lowest BCUT2D eigenvalue weighted by atomic mass is 9.70. The molecule has 1 fully saturated rings. The zero-order chi connectivity index (χ0) is 10.2. The highest BCUT2D eigenvalue weighted by molar-refractivity contribution is 5.29. The van der Waals surface area contributed by atoms with Gasteiger partial charge in [-0.15, -0.1) is 0 Å². The third-order valence-electron chi connectivity index (χ3n) is 3.49. The average Bonchev–Trinajstić information content (AvgIpc) is 2.60. The van der Waals surface area contributed by atoms with E-state index in [2.05, 4.69) is 26.5 Å². The first-order chi connectivity index (χ1) is 6.62. The molecule has 78 valence electrons. The summed E-state index contributed by atoms with van der Waals surface area (Å²) in [5.74, 6) is -0.398. The van der Waals surface area contributed by atoms with E-state index in [-0.39, 0.29) is 5.41 Å². The number of hydrogen-bond donors (Lipinski definition) is 0. The van der Waals surface area contributed by atoms with E-state index in [9.17, 15) is 0 Å². The molecule has 0 unspecified atom stereocenters. The zero-order valence-electron chi connectivity index (χ0n) is 9.01. The van der Waals surface area contributed by atoms with Crippen LogP contribution >= 0.6 is 0 Å². The summed E-state index contributed by atoms with van der Waals surface area (Å²) in [6.07, 6.45) is 6.14. The van der Waals surface area contributed by atoms with Gasteiger partial charge >= 0.3 is 0 Å². The summed E-state index contributed by atoms with van der Waals surface area (Å²) in [6.45, 7) is 9.63. The molecule has 0 N–H and O–H groups in total. The summed E-state index contributed by atoms with van der Waals surface area (Å²) >= 11 is 0. The monoisotopic (exact) mass is 194 g/mol. The first-order valence-electron chi connectivity index (χ1n) is 5.23. The van der Waals surface area contributed by atoms with Crippen molar-refractivity contribution < 1.29 is 9.47 Å². The lowest BCUT2D eigenvalue weighted by Crippen LogP contribution is -2.48. The predicted molar refractivity (Wildman–Crippen MR) is 55.9 cm³/mol. The molecule has 1 aliphatic carbocycles. The summed E-state index contributed by atoms with van der Waals surface area (Å²) in [6, 6.07) is 0. The standard InChI is InChI=1S/C12H18O2/c1-4-10-6-5-7-12(11(10,2)3)13-8-9-14-12/h4,6H,1,5,7-9H2,2-3H3. The van der Waals surface area contributed by atoms with Crippen LogP contribution in [-0.2, 0) is 9.47 Å². The molecular weight excluding hydrogens is 176 g/mol. The normalized spacial score (nSPS) is 28.9. The van der Waals surface area contributed by atoms with Crippen molar-refractivity contribution >= 4 is 0 Å². The molecule has 0 aromatic heterocycles. The van der Waals surface area contributed by atoms with Gasteiger partial charge in [-0.25, -0.2) is 0 Å². The minimum Gasteiger partial charge on any atom is -0.347 e. The third kappa shape index (κ3) is 1.17. The smallest absolute Gasteiger partial charge is 0.177 e. The Hall–Kier alpha value is -0.600. The number of ether oxygens (including phenoxy) is 2. The van der Waals surface area contributed by atoms with Crippen LogP contribution < -0.4 is 0 Å². The highest BCUT2D eigenvalue weighted by Gasteiger charge is 2.52. The van der Waals surface area contributed by atoms with E-state index in [1.54, 1.807) is 0 Å². The minimum absolute atomic E-state index is 0.0799. The molecule has 2 nitrogen and oxygen atoms in total. The molecule has 0 saturated carbocycles. The molecule has 14 heavy (non-hydrogen) atoms. The van der Waals surface area contributed by atoms with Gasteiger partial charge in [0.25, 0.3) is 0 Å². The number of allylic oxidation sites excluding steroid dienone is 2. The van der Waals surface area contributed by atoms with Gasteiger partial charge in [-0.3, -0.25) is 0 Å². The molecule has 2 heteroatoms. The molecule has 2 rings (SSSR count).